The molecule has 178 valence electrons. The molecule has 0 spiro atoms. The van der Waals surface area contributed by atoms with Crippen molar-refractivity contribution in [2.24, 2.45) is 5.73 Å². The summed E-state index contributed by atoms with van der Waals surface area (Å²) in [4.78, 5) is 56.0. The number of amides is 3. The summed E-state index contributed by atoms with van der Waals surface area (Å²) in [5.74, 6) is -3.13. The largest absolute Gasteiger partial charge is 0.480 e. The molecule has 3 amide bonds. The van der Waals surface area contributed by atoms with Gasteiger partial charge in [-0.1, -0.05) is 30.3 Å². The lowest BCUT2D eigenvalue weighted by molar-refractivity contribution is -0.142. The lowest BCUT2D eigenvalue weighted by atomic mass is 10.0. The van der Waals surface area contributed by atoms with Crippen molar-refractivity contribution >= 4 is 36.3 Å². The first-order valence-electron chi connectivity index (χ1n) is 10.2. The molecule has 1 aromatic carbocycles. The van der Waals surface area contributed by atoms with Crippen molar-refractivity contribution in [2.75, 3.05) is 5.75 Å². The van der Waals surface area contributed by atoms with E-state index in [-0.39, 0.29) is 18.6 Å². The number of benzene rings is 1. The molecule has 7 N–H and O–H groups in total. The van der Waals surface area contributed by atoms with Gasteiger partial charge < -0.3 is 31.8 Å². The van der Waals surface area contributed by atoms with E-state index in [1.807, 2.05) is 6.07 Å². The van der Waals surface area contributed by atoms with Crippen LogP contribution in [-0.2, 0) is 32.0 Å². The van der Waals surface area contributed by atoms with E-state index in [4.69, 9.17) is 5.73 Å². The molecule has 4 unspecified atom stereocenters. The van der Waals surface area contributed by atoms with Crippen LogP contribution in [0.2, 0.25) is 0 Å². The molecule has 1 aromatic heterocycles. The Kier molecular flexibility index (Phi) is 9.88. The van der Waals surface area contributed by atoms with Crippen LogP contribution in [0.1, 0.15) is 18.2 Å². The predicted molar refractivity (Wildman–Crippen MR) is 123 cm³/mol. The van der Waals surface area contributed by atoms with Gasteiger partial charge in [0.2, 0.25) is 17.7 Å². The van der Waals surface area contributed by atoms with Gasteiger partial charge in [0, 0.05) is 30.5 Å². The summed E-state index contributed by atoms with van der Waals surface area (Å²) in [6.07, 6.45) is 2.96. The molecule has 0 saturated heterocycles. The number of hydrogen-bond acceptors (Lipinski definition) is 7. The number of rotatable bonds is 12. The molecule has 33 heavy (non-hydrogen) atoms. The summed E-state index contributed by atoms with van der Waals surface area (Å²) in [7, 11) is 0. The van der Waals surface area contributed by atoms with Gasteiger partial charge in [0.1, 0.15) is 18.1 Å². The number of carbonyl (C=O) groups excluding carboxylic acids is 3. The molecule has 2 rings (SSSR count). The lowest BCUT2D eigenvalue weighted by Gasteiger charge is -2.24. The SMILES string of the molecule is CC(N)C(=O)NC(CS)C(=O)NC(Cc1ccccc1)C(=O)NC(Cc1cnc[nH]1)C(=O)O. The smallest absolute Gasteiger partial charge is 0.326 e. The maximum Gasteiger partial charge on any atom is 0.326 e. The van der Waals surface area contributed by atoms with Crippen molar-refractivity contribution < 1.29 is 24.3 Å². The van der Waals surface area contributed by atoms with Gasteiger partial charge in [-0.25, -0.2) is 9.78 Å². The molecule has 11 nitrogen and oxygen atoms in total. The van der Waals surface area contributed by atoms with Crippen LogP contribution in [0.3, 0.4) is 0 Å². The standard InChI is InChI=1S/C21H28N6O5S/c1-12(22)18(28)27-17(10-33)20(30)25-15(7-13-5-3-2-4-6-13)19(29)26-16(21(31)32)8-14-9-23-11-24-14/h2-6,9,11-12,15-17,33H,7-8,10,22H2,1H3,(H,23,24)(H,25,30)(H,26,29)(H,27,28)(H,31,32). The second-order valence-corrected chi connectivity index (χ2v) is 7.83. The maximum absolute atomic E-state index is 13.0. The Bertz CT molecular complexity index is 938. The number of nitrogens with one attached hydrogen (secondary N) is 4. The Balaban J connectivity index is 2.17. The molecule has 0 aliphatic rings. The number of carboxylic acid groups (broad SMARTS) is 1. The van der Waals surface area contributed by atoms with E-state index in [0.717, 1.165) is 5.56 Å². The second-order valence-electron chi connectivity index (χ2n) is 7.46. The number of nitrogens with zero attached hydrogens (tertiary/aromatic N) is 1. The Morgan fingerprint density at radius 2 is 1.61 bits per heavy atom. The van der Waals surface area contributed by atoms with Gasteiger partial charge in [-0.05, 0) is 12.5 Å². The first-order chi connectivity index (χ1) is 15.7. The zero-order chi connectivity index (χ0) is 24.4. The average Bonchev–Trinajstić information content (AvgIpc) is 3.29. The summed E-state index contributed by atoms with van der Waals surface area (Å²) >= 11 is 4.10. The average molecular weight is 477 g/mol. The van der Waals surface area contributed by atoms with E-state index < -0.39 is 47.9 Å². The van der Waals surface area contributed by atoms with E-state index in [1.54, 1.807) is 24.3 Å². The molecular weight excluding hydrogens is 448 g/mol. The molecule has 12 heteroatoms. The second kappa shape index (κ2) is 12.6. The highest BCUT2D eigenvalue weighted by molar-refractivity contribution is 7.80. The number of aromatic amines is 1. The van der Waals surface area contributed by atoms with E-state index >= 15 is 0 Å². The highest BCUT2D eigenvalue weighted by Gasteiger charge is 2.30. The fraction of sp³-hybridized carbons (Fsp3) is 0.381. The van der Waals surface area contributed by atoms with Crippen LogP contribution in [0.15, 0.2) is 42.9 Å². The predicted octanol–water partition coefficient (Wildman–Crippen LogP) is -0.989. The number of thiol groups is 1. The van der Waals surface area contributed by atoms with Gasteiger partial charge in [0.15, 0.2) is 0 Å². The minimum absolute atomic E-state index is 0.0171. The molecule has 0 fully saturated rings. The van der Waals surface area contributed by atoms with Gasteiger partial charge in [-0.2, -0.15) is 12.6 Å². The molecule has 0 aliphatic heterocycles. The highest BCUT2D eigenvalue weighted by atomic mass is 32.1. The van der Waals surface area contributed by atoms with Gasteiger partial charge >= 0.3 is 5.97 Å². The van der Waals surface area contributed by atoms with Crippen LogP contribution >= 0.6 is 12.6 Å². The van der Waals surface area contributed by atoms with Gasteiger partial charge in [-0.3, -0.25) is 14.4 Å². The third-order valence-corrected chi connectivity index (χ3v) is 5.10. The van der Waals surface area contributed by atoms with Crippen molar-refractivity contribution in [1.82, 2.24) is 25.9 Å². The number of hydrogen-bond donors (Lipinski definition) is 7. The molecule has 4 atom stereocenters. The Hall–Kier alpha value is -3.38. The molecule has 1 heterocycles. The van der Waals surface area contributed by atoms with Crippen molar-refractivity contribution in [3.8, 4) is 0 Å². The van der Waals surface area contributed by atoms with E-state index in [2.05, 4.69) is 38.5 Å². The van der Waals surface area contributed by atoms with E-state index in [9.17, 15) is 24.3 Å². The molecule has 0 saturated carbocycles. The van der Waals surface area contributed by atoms with Crippen LogP contribution in [0.5, 0.6) is 0 Å². The van der Waals surface area contributed by atoms with Crippen molar-refractivity contribution in [1.29, 1.82) is 0 Å². The molecule has 0 radical (unpaired) electrons. The van der Waals surface area contributed by atoms with Crippen LogP contribution in [-0.4, -0.2) is 68.7 Å². The summed E-state index contributed by atoms with van der Waals surface area (Å²) in [6, 6.07) is 4.72. The summed E-state index contributed by atoms with van der Waals surface area (Å²) in [5, 5.41) is 17.1. The van der Waals surface area contributed by atoms with Gasteiger partial charge in [0.05, 0.1) is 12.4 Å². The Morgan fingerprint density at radius 3 is 2.15 bits per heavy atom. The van der Waals surface area contributed by atoms with Crippen LogP contribution in [0.4, 0.5) is 0 Å². The minimum Gasteiger partial charge on any atom is -0.480 e. The number of H-pyrrole nitrogens is 1. The third kappa shape index (κ3) is 8.24. The van der Waals surface area contributed by atoms with Crippen LogP contribution in [0, 0.1) is 0 Å². The lowest BCUT2D eigenvalue weighted by Crippen LogP contribution is -2.58. The molecule has 0 aliphatic carbocycles. The first-order valence-corrected chi connectivity index (χ1v) is 10.9. The molecule has 2 aromatic rings. The summed E-state index contributed by atoms with van der Waals surface area (Å²) in [5.41, 5.74) is 6.81. The van der Waals surface area contributed by atoms with E-state index in [0.29, 0.717) is 5.69 Å². The number of aliphatic carboxylic acids is 1. The monoisotopic (exact) mass is 476 g/mol. The van der Waals surface area contributed by atoms with Crippen molar-refractivity contribution in [3.05, 3.63) is 54.1 Å². The number of imidazole rings is 1. The number of aromatic nitrogens is 2. The quantitative estimate of drug-likeness (QED) is 0.192. The highest BCUT2D eigenvalue weighted by Crippen LogP contribution is 2.06. The van der Waals surface area contributed by atoms with E-state index in [1.165, 1.54) is 19.4 Å². The first kappa shape index (κ1) is 25.9. The number of nitrogens with two attached hydrogens (primary N) is 1. The van der Waals surface area contributed by atoms with Crippen molar-refractivity contribution in [3.63, 3.8) is 0 Å². The Morgan fingerprint density at radius 1 is 1.00 bits per heavy atom. The summed E-state index contributed by atoms with van der Waals surface area (Å²) < 4.78 is 0. The fourth-order valence-corrected chi connectivity index (χ4v) is 3.17. The fourth-order valence-electron chi connectivity index (χ4n) is 2.92. The minimum atomic E-state index is -1.24. The maximum atomic E-state index is 13.0. The van der Waals surface area contributed by atoms with Gasteiger partial charge in [0.25, 0.3) is 0 Å². The summed E-state index contributed by atoms with van der Waals surface area (Å²) in [6.45, 7) is 1.47. The van der Waals surface area contributed by atoms with Gasteiger partial charge in [-0.15, -0.1) is 0 Å². The Labute approximate surface area is 196 Å². The zero-order valence-corrected chi connectivity index (χ0v) is 18.9. The molecular formula is C21H28N6O5S. The zero-order valence-electron chi connectivity index (χ0n) is 18.0. The third-order valence-electron chi connectivity index (χ3n) is 4.74. The van der Waals surface area contributed by atoms with Crippen LogP contribution in [0.25, 0.3) is 0 Å². The number of carbonyl (C=O) groups is 4. The molecule has 0 bridgehead atoms. The normalized spacial score (nSPS) is 14.4. The van der Waals surface area contributed by atoms with Crippen molar-refractivity contribution in [2.45, 2.75) is 43.9 Å². The van der Waals surface area contributed by atoms with Crippen LogP contribution < -0.4 is 21.7 Å². The topological polar surface area (TPSA) is 179 Å². The number of carboxylic acids is 1.